The second-order valence-corrected chi connectivity index (χ2v) is 28.0. The predicted octanol–water partition coefficient (Wildman–Crippen LogP) is 26.6. The van der Waals surface area contributed by atoms with Crippen molar-refractivity contribution in [1.82, 2.24) is 29.9 Å². The molecule has 0 amide bonds. The first-order valence-corrected chi connectivity index (χ1v) is 37.7. The van der Waals surface area contributed by atoms with E-state index < -0.39 is 0 Å². The summed E-state index contributed by atoms with van der Waals surface area (Å²) in [5.41, 5.74) is 27.1. The molecule has 0 spiro atoms. The fourth-order valence-corrected chi connectivity index (χ4v) is 12.2. The molecular weight excluding hydrogens is 2100 g/mol. The van der Waals surface area contributed by atoms with Gasteiger partial charge in [0.1, 0.15) is 0 Å². The van der Waals surface area contributed by atoms with Gasteiger partial charge in [0, 0.05) is 118 Å². The zero-order valence-electron chi connectivity index (χ0n) is 65.4. The minimum atomic E-state index is 0. The molecule has 4 radical (unpaired) electrons. The topological polar surface area (TPSA) is 77.3 Å². The van der Waals surface area contributed by atoms with Crippen LogP contribution in [0.2, 0.25) is 0 Å². The van der Waals surface area contributed by atoms with Crippen LogP contribution >= 0.6 is 0 Å². The molecule has 0 atom stereocenters. The Bertz CT molecular complexity index is 4960. The van der Waals surface area contributed by atoms with Crippen LogP contribution in [0.3, 0.4) is 0 Å². The van der Waals surface area contributed by atoms with Crippen LogP contribution in [0.25, 0.3) is 112 Å². The van der Waals surface area contributed by atoms with Gasteiger partial charge in [0.2, 0.25) is 0 Å². The van der Waals surface area contributed by atoms with Gasteiger partial charge in [0.25, 0.3) is 0 Å². The number of pyridine rings is 6. The van der Waals surface area contributed by atoms with Gasteiger partial charge in [-0.15, -0.1) is 213 Å². The van der Waals surface area contributed by atoms with E-state index in [1.54, 1.807) is 12.4 Å². The molecule has 0 aliphatic heterocycles. The molecular formula is C104H92Ir4N6-6. The van der Waals surface area contributed by atoms with E-state index in [2.05, 4.69) is 316 Å². The maximum absolute atomic E-state index is 4.52. The van der Waals surface area contributed by atoms with Gasteiger partial charge in [-0.3, -0.25) is 0 Å². The molecule has 114 heavy (non-hydrogen) atoms. The summed E-state index contributed by atoms with van der Waals surface area (Å²) >= 11 is 0. The summed E-state index contributed by atoms with van der Waals surface area (Å²) in [7, 11) is 0. The molecule has 0 saturated heterocycles. The predicted molar refractivity (Wildman–Crippen MR) is 458 cm³/mol. The van der Waals surface area contributed by atoms with Crippen molar-refractivity contribution in [2.75, 3.05) is 0 Å². The van der Waals surface area contributed by atoms with Crippen molar-refractivity contribution in [3.63, 3.8) is 0 Å². The van der Waals surface area contributed by atoms with Crippen molar-refractivity contribution in [1.29, 1.82) is 0 Å². The number of nitrogens with zero attached hydrogens (tertiary/aromatic N) is 6. The molecule has 6 aromatic heterocycles. The summed E-state index contributed by atoms with van der Waals surface area (Å²) in [6.07, 6.45) is 13.3. The summed E-state index contributed by atoms with van der Waals surface area (Å²) in [6, 6.07) is 130. The van der Waals surface area contributed by atoms with Crippen LogP contribution in [-0.4, -0.2) is 29.9 Å². The maximum Gasteiger partial charge on any atom is 0.0163 e. The monoisotopic (exact) mass is 2200 g/mol. The molecule has 0 N–H and O–H groups in total. The molecule has 16 aromatic rings. The van der Waals surface area contributed by atoms with Gasteiger partial charge in [-0.2, -0.15) is 0 Å². The molecule has 0 aliphatic carbocycles. The number of aromatic nitrogens is 6. The van der Waals surface area contributed by atoms with Crippen LogP contribution in [0, 0.1) is 48.2 Å². The van der Waals surface area contributed by atoms with Crippen LogP contribution in [-0.2, 0) is 93.3 Å². The Labute approximate surface area is 731 Å². The van der Waals surface area contributed by atoms with Gasteiger partial charge >= 0.3 is 0 Å². The van der Waals surface area contributed by atoms with E-state index in [1.165, 1.54) is 66.8 Å². The third-order valence-corrected chi connectivity index (χ3v) is 17.9. The molecule has 6 heterocycles. The Kier molecular flexibility index (Phi) is 38.8. The molecule has 0 unspecified atom stereocenters. The Hall–Kier alpha value is -10.3. The van der Waals surface area contributed by atoms with E-state index in [9.17, 15) is 0 Å². The minimum absolute atomic E-state index is 0. The molecule has 10 heteroatoms. The standard InChI is InChI=1S/2C21H20N.2C20H18N.2C11H8N.4Ir/c2*1-16(2)13-17-11-12-22-21(14-17)20-10-6-9-19(15-20)18-7-4-3-5-8-18;2*1-15(2)17-11-12-21-20(14-17)19-10-6-9-18(13-19)16-7-4-3-5-8-16;2*1-2-6-10(7-3-1)11-8-4-5-9-12-11;;;;/h2*3-9,11-12,14-16H,13H2,1-2H3;2*3-9,11-15H,1-2H3;2*1-6,8-9H;;;;/q6*-1;;;;. The molecule has 0 bridgehead atoms. The normalized spacial score (nSPS) is 10.2. The Morgan fingerprint density at radius 2 is 0.474 bits per heavy atom. The average molecular weight is 2190 g/mol. The minimum Gasteiger partial charge on any atom is -0.305 e. The van der Waals surface area contributed by atoms with E-state index in [4.69, 9.17) is 0 Å². The Morgan fingerprint density at radius 3 is 0.737 bits per heavy atom. The van der Waals surface area contributed by atoms with E-state index in [1.807, 2.05) is 158 Å². The molecule has 6 nitrogen and oxygen atoms in total. The fourth-order valence-electron chi connectivity index (χ4n) is 12.2. The zero-order valence-corrected chi connectivity index (χ0v) is 75.0. The molecule has 16 rings (SSSR count). The summed E-state index contributed by atoms with van der Waals surface area (Å²) < 4.78 is 0. The first kappa shape index (κ1) is 90.9. The third-order valence-electron chi connectivity index (χ3n) is 17.9. The van der Waals surface area contributed by atoms with Gasteiger partial charge in [-0.25, -0.2) is 0 Å². The van der Waals surface area contributed by atoms with Gasteiger partial charge in [-0.1, -0.05) is 248 Å². The first-order chi connectivity index (χ1) is 53.8. The van der Waals surface area contributed by atoms with E-state index in [0.717, 1.165) is 80.4 Å². The second-order valence-electron chi connectivity index (χ2n) is 28.0. The van der Waals surface area contributed by atoms with Crippen LogP contribution in [0.5, 0.6) is 0 Å². The van der Waals surface area contributed by atoms with Crippen LogP contribution in [0.15, 0.2) is 365 Å². The van der Waals surface area contributed by atoms with E-state index in [-0.39, 0.29) is 80.4 Å². The van der Waals surface area contributed by atoms with E-state index in [0.29, 0.717) is 23.7 Å². The average Bonchev–Trinajstić information content (AvgIpc) is 0.833. The Morgan fingerprint density at radius 1 is 0.211 bits per heavy atom. The van der Waals surface area contributed by atoms with Crippen LogP contribution < -0.4 is 0 Å². The van der Waals surface area contributed by atoms with Crippen LogP contribution in [0.1, 0.15) is 89.5 Å². The number of rotatable bonds is 16. The summed E-state index contributed by atoms with van der Waals surface area (Å²) in [6.45, 7) is 17.7. The van der Waals surface area contributed by atoms with Crippen molar-refractivity contribution < 1.29 is 80.4 Å². The molecule has 10 aromatic carbocycles. The molecule has 580 valence electrons. The largest absolute Gasteiger partial charge is 0.305 e. The molecule has 0 fully saturated rings. The van der Waals surface area contributed by atoms with Gasteiger partial charge in [-0.05, 0) is 129 Å². The van der Waals surface area contributed by atoms with Crippen molar-refractivity contribution in [2.45, 2.75) is 80.1 Å². The third kappa shape index (κ3) is 28.7. The quantitative estimate of drug-likeness (QED) is 0.0897. The molecule has 0 aliphatic rings. The summed E-state index contributed by atoms with van der Waals surface area (Å²) in [5.74, 6) is 2.30. The summed E-state index contributed by atoms with van der Waals surface area (Å²) in [4.78, 5) is 26.5. The zero-order chi connectivity index (χ0) is 76.5. The van der Waals surface area contributed by atoms with Gasteiger partial charge in [0.15, 0.2) is 0 Å². The van der Waals surface area contributed by atoms with Gasteiger partial charge < -0.3 is 29.9 Å². The maximum atomic E-state index is 4.52. The number of hydrogen-bond donors (Lipinski definition) is 0. The van der Waals surface area contributed by atoms with Gasteiger partial charge in [0.05, 0.1) is 0 Å². The van der Waals surface area contributed by atoms with E-state index >= 15 is 0 Å². The SMILES string of the molecule is CC(C)Cc1ccnc(-c2[c-]ccc(-c3ccccc3)c2)c1.CC(C)Cc1ccnc(-c2[c-]ccc(-c3ccccc3)c2)c1.CC(C)c1ccnc(-c2[c-]ccc(-c3ccccc3)c2)c1.CC(C)c1ccnc(-c2[c-]ccc(-c3ccccc3)c2)c1.[Ir].[Ir].[Ir].[Ir].[c-]1ccccc1-c1ccccn1.[c-]1ccccc1-c1ccccn1. The number of benzene rings is 10. The van der Waals surface area contributed by atoms with Crippen molar-refractivity contribution in [3.05, 3.63) is 423 Å². The number of hydrogen-bond acceptors (Lipinski definition) is 6. The Balaban J connectivity index is 0.000000191. The van der Waals surface area contributed by atoms with Crippen molar-refractivity contribution in [3.8, 4) is 112 Å². The summed E-state index contributed by atoms with van der Waals surface area (Å²) in [5, 5.41) is 0. The molecule has 0 saturated carbocycles. The second kappa shape index (κ2) is 48.7. The van der Waals surface area contributed by atoms with Crippen LogP contribution in [0.4, 0.5) is 0 Å². The van der Waals surface area contributed by atoms with Crippen molar-refractivity contribution in [2.24, 2.45) is 11.8 Å². The smallest absolute Gasteiger partial charge is 0.0163 e. The fraction of sp³-hybridized carbons (Fsp3) is 0.135. The first-order valence-electron chi connectivity index (χ1n) is 37.7. The van der Waals surface area contributed by atoms with Crippen molar-refractivity contribution >= 4 is 0 Å².